The Labute approximate surface area is 204 Å². The Morgan fingerprint density at radius 1 is 1.06 bits per heavy atom. The first kappa shape index (κ1) is 22.1. The Balaban J connectivity index is 1.16. The molecule has 2 saturated heterocycles. The summed E-state index contributed by atoms with van der Waals surface area (Å²) in [4.78, 5) is 28.4. The Morgan fingerprint density at radius 3 is 2.60 bits per heavy atom. The Kier molecular flexibility index (Phi) is 5.68. The molecule has 35 heavy (non-hydrogen) atoms. The van der Waals surface area contributed by atoms with Crippen molar-refractivity contribution < 1.29 is 9.53 Å². The summed E-state index contributed by atoms with van der Waals surface area (Å²) in [7, 11) is 0. The first-order chi connectivity index (χ1) is 17.1. The molecule has 1 N–H and O–H groups in total. The summed E-state index contributed by atoms with van der Waals surface area (Å²) in [5.41, 5.74) is 3.87. The van der Waals surface area contributed by atoms with E-state index in [4.69, 9.17) is 9.72 Å². The summed E-state index contributed by atoms with van der Waals surface area (Å²) in [5.74, 6) is 1.80. The lowest BCUT2D eigenvalue weighted by molar-refractivity contribution is -0.135. The molecule has 1 aromatic carbocycles. The van der Waals surface area contributed by atoms with E-state index in [-0.39, 0.29) is 5.91 Å². The second kappa shape index (κ2) is 9.00. The molecule has 3 aliphatic heterocycles. The van der Waals surface area contributed by atoms with Crippen LogP contribution in [0.3, 0.4) is 0 Å². The minimum Gasteiger partial charge on any atom is -0.381 e. The zero-order valence-corrected chi connectivity index (χ0v) is 20.0. The molecule has 8 nitrogen and oxygen atoms in total. The predicted octanol–water partition coefficient (Wildman–Crippen LogP) is 4.82. The number of ether oxygens (including phenoxy) is 1. The monoisotopic (exact) mass is 470 g/mol. The fraction of sp³-hybridized carbons (Fsp3) is 0.444. The van der Waals surface area contributed by atoms with Crippen LogP contribution in [0.1, 0.15) is 61.4 Å². The highest BCUT2D eigenvalue weighted by Crippen LogP contribution is 2.36. The molecule has 2 fully saturated rings. The van der Waals surface area contributed by atoms with Crippen molar-refractivity contribution in [2.24, 2.45) is 10.2 Å². The van der Waals surface area contributed by atoms with Gasteiger partial charge in [0, 0.05) is 44.0 Å². The highest BCUT2D eigenvalue weighted by Gasteiger charge is 2.40. The van der Waals surface area contributed by atoms with Crippen LogP contribution in [0.25, 0.3) is 16.9 Å². The average molecular weight is 471 g/mol. The van der Waals surface area contributed by atoms with Gasteiger partial charge in [-0.2, -0.15) is 10.2 Å². The number of imidazole rings is 1. The fourth-order valence-electron chi connectivity index (χ4n) is 5.49. The second-order valence-corrected chi connectivity index (χ2v) is 9.92. The summed E-state index contributed by atoms with van der Waals surface area (Å²) in [6.45, 7) is 4.83. The van der Waals surface area contributed by atoms with E-state index in [1.807, 2.05) is 54.4 Å². The third kappa shape index (κ3) is 4.16. The molecule has 0 saturated carbocycles. The molecule has 1 atom stereocenters. The molecule has 0 spiro atoms. The SMILES string of the molecule is CC1(C(=O)N2CCC(c3ccnc4[nH]c(C5CCOCC5)nc34)CC2)C=C(c2ccccc2)N=N1. The van der Waals surface area contributed by atoms with Crippen LogP contribution in [0, 0.1) is 0 Å². The number of benzene rings is 1. The number of aromatic nitrogens is 3. The minimum atomic E-state index is -0.942. The van der Waals surface area contributed by atoms with Crippen LogP contribution < -0.4 is 0 Å². The number of piperidine rings is 1. The lowest BCUT2D eigenvalue weighted by Gasteiger charge is -2.35. The van der Waals surface area contributed by atoms with Gasteiger partial charge in [0.15, 0.2) is 11.2 Å². The number of rotatable bonds is 4. The molecule has 8 heteroatoms. The lowest BCUT2D eigenvalue weighted by Crippen LogP contribution is -2.47. The summed E-state index contributed by atoms with van der Waals surface area (Å²) >= 11 is 0. The van der Waals surface area contributed by atoms with Crippen molar-refractivity contribution in [3.63, 3.8) is 0 Å². The first-order valence-corrected chi connectivity index (χ1v) is 12.5. The number of H-pyrrole nitrogens is 1. The van der Waals surface area contributed by atoms with Gasteiger partial charge in [-0.15, -0.1) is 0 Å². The predicted molar refractivity (Wildman–Crippen MR) is 133 cm³/mol. The smallest absolute Gasteiger partial charge is 0.256 e. The molecule has 2 aromatic heterocycles. The molecule has 0 aliphatic carbocycles. The maximum absolute atomic E-state index is 13.4. The first-order valence-electron chi connectivity index (χ1n) is 12.5. The van der Waals surface area contributed by atoms with Crippen LogP contribution in [0.5, 0.6) is 0 Å². The molecule has 180 valence electrons. The topological polar surface area (TPSA) is 95.8 Å². The van der Waals surface area contributed by atoms with Gasteiger partial charge in [-0.25, -0.2) is 9.97 Å². The molecule has 0 bridgehead atoms. The third-order valence-electron chi connectivity index (χ3n) is 7.55. The normalized spacial score (nSPS) is 23.7. The Morgan fingerprint density at radius 2 is 1.83 bits per heavy atom. The van der Waals surface area contributed by atoms with Crippen LogP contribution in [0.2, 0.25) is 0 Å². The number of aromatic amines is 1. The van der Waals surface area contributed by atoms with Gasteiger partial charge in [-0.1, -0.05) is 30.3 Å². The van der Waals surface area contributed by atoms with Crippen molar-refractivity contribution in [1.29, 1.82) is 0 Å². The summed E-state index contributed by atoms with van der Waals surface area (Å²) in [6, 6.07) is 12.0. The molecule has 5 heterocycles. The van der Waals surface area contributed by atoms with Crippen molar-refractivity contribution in [1.82, 2.24) is 19.9 Å². The highest BCUT2D eigenvalue weighted by molar-refractivity contribution is 5.91. The number of hydrogen-bond acceptors (Lipinski definition) is 6. The van der Waals surface area contributed by atoms with Gasteiger partial charge in [0.05, 0.1) is 5.70 Å². The van der Waals surface area contributed by atoms with E-state index in [1.165, 1.54) is 5.56 Å². The van der Waals surface area contributed by atoms with Crippen molar-refractivity contribution in [3.05, 3.63) is 65.6 Å². The highest BCUT2D eigenvalue weighted by atomic mass is 16.5. The lowest BCUT2D eigenvalue weighted by atomic mass is 9.88. The second-order valence-electron chi connectivity index (χ2n) is 9.92. The van der Waals surface area contributed by atoms with Crippen LogP contribution in [0.15, 0.2) is 58.9 Å². The quantitative estimate of drug-likeness (QED) is 0.591. The van der Waals surface area contributed by atoms with Crippen LogP contribution in [-0.4, -0.2) is 57.6 Å². The van der Waals surface area contributed by atoms with Gasteiger partial charge in [-0.05, 0) is 56.2 Å². The van der Waals surface area contributed by atoms with Crippen LogP contribution >= 0.6 is 0 Å². The fourth-order valence-corrected chi connectivity index (χ4v) is 5.49. The molecule has 0 radical (unpaired) electrons. The molecular weight excluding hydrogens is 440 g/mol. The number of nitrogens with one attached hydrogen (secondary N) is 1. The standard InChI is InChI=1S/C27H30N6O2/c1-27(17-22(31-32-27)19-5-3-2-4-6-19)26(34)33-13-8-18(9-14-33)21-7-12-28-25-23(21)29-24(30-25)20-10-15-35-16-11-20/h2-7,12,17-18,20H,8-11,13-16H2,1H3,(H,28,29,30). The van der Waals surface area contributed by atoms with Gasteiger partial charge in [0.25, 0.3) is 5.91 Å². The number of nitrogens with zero attached hydrogens (tertiary/aromatic N) is 5. The van der Waals surface area contributed by atoms with Crippen molar-refractivity contribution in [3.8, 4) is 0 Å². The number of azo groups is 1. The number of carbonyl (C=O) groups excluding carboxylic acids is 1. The maximum Gasteiger partial charge on any atom is 0.256 e. The van der Waals surface area contributed by atoms with Crippen molar-refractivity contribution in [2.75, 3.05) is 26.3 Å². The minimum absolute atomic E-state index is 0.0204. The van der Waals surface area contributed by atoms with Crippen LogP contribution in [-0.2, 0) is 9.53 Å². The zero-order chi connectivity index (χ0) is 23.8. The van der Waals surface area contributed by atoms with E-state index in [2.05, 4.69) is 26.3 Å². The van der Waals surface area contributed by atoms with Gasteiger partial charge in [-0.3, -0.25) is 4.79 Å². The molecule has 6 rings (SSSR count). The van der Waals surface area contributed by atoms with Gasteiger partial charge < -0.3 is 14.6 Å². The van der Waals surface area contributed by atoms with Gasteiger partial charge in [0.2, 0.25) is 0 Å². The Bertz CT molecular complexity index is 1290. The average Bonchev–Trinajstić information content (AvgIpc) is 3.54. The number of amides is 1. The Hall–Kier alpha value is -3.39. The summed E-state index contributed by atoms with van der Waals surface area (Å²) < 4.78 is 5.51. The van der Waals surface area contributed by atoms with Gasteiger partial charge >= 0.3 is 0 Å². The number of fused-ring (bicyclic) bond motifs is 1. The van der Waals surface area contributed by atoms with E-state index < -0.39 is 5.54 Å². The van der Waals surface area contributed by atoms with Crippen molar-refractivity contribution >= 4 is 22.8 Å². The summed E-state index contributed by atoms with van der Waals surface area (Å²) in [6.07, 6.45) is 7.54. The largest absolute Gasteiger partial charge is 0.381 e. The summed E-state index contributed by atoms with van der Waals surface area (Å²) in [5, 5.41) is 8.70. The number of pyridine rings is 1. The molecule has 1 unspecified atom stereocenters. The zero-order valence-electron chi connectivity index (χ0n) is 20.0. The van der Waals surface area contributed by atoms with Crippen LogP contribution in [0.4, 0.5) is 0 Å². The van der Waals surface area contributed by atoms with Crippen molar-refractivity contribution in [2.45, 2.75) is 50.0 Å². The van der Waals surface area contributed by atoms with E-state index >= 15 is 0 Å². The maximum atomic E-state index is 13.4. The number of carbonyl (C=O) groups is 1. The van der Waals surface area contributed by atoms with E-state index in [1.54, 1.807) is 0 Å². The molecular formula is C27H30N6O2. The number of likely N-dealkylation sites (tertiary alicyclic amines) is 1. The molecule has 1 amide bonds. The van der Waals surface area contributed by atoms with Gasteiger partial charge in [0.1, 0.15) is 11.3 Å². The molecule has 3 aromatic rings. The third-order valence-corrected chi connectivity index (χ3v) is 7.55. The van der Waals surface area contributed by atoms with E-state index in [9.17, 15) is 4.79 Å². The molecule has 3 aliphatic rings. The van der Waals surface area contributed by atoms with E-state index in [0.717, 1.165) is 67.1 Å². The van der Waals surface area contributed by atoms with E-state index in [0.29, 0.717) is 24.9 Å². The number of hydrogen-bond donors (Lipinski definition) is 1.